The Labute approximate surface area is 248 Å². The zero-order valence-electron chi connectivity index (χ0n) is 23.2. The minimum absolute atomic E-state index is 0.436. The van der Waals surface area contributed by atoms with Gasteiger partial charge in [0, 0.05) is 5.56 Å². The number of hydrogen-bond donors (Lipinski definition) is 2. The fourth-order valence-corrected chi connectivity index (χ4v) is 5.42. The van der Waals surface area contributed by atoms with Gasteiger partial charge in [0.25, 0.3) is 0 Å². The van der Waals surface area contributed by atoms with Crippen LogP contribution in [0.5, 0.6) is 0 Å². The van der Waals surface area contributed by atoms with E-state index >= 15 is 0 Å². The second-order valence-electron chi connectivity index (χ2n) is 10.3. The Balaban J connectivity index is 1.43. The molecule has 0 radical (unpaired) electrons. The summed E-state index contributed by atoms with van der Waals surface area (Å²) in [6.45, 7) is 6.90. The van der Waals surface area contributed by atoms with Crippen molar-refractivity contribution in [2.24, 2.45) is 5.10 Å². The summed E-state index contributed by atoms with van der Waals surface area (Å²) in [6.07, 6.45) is 1.39. The molecular formula is C37H28N2O4. The van der Waals surface area contributed by atoms with Crippen LogP contribution in [0.3, 0.4) is 0 Å². The Bertz CT molecular complexity index is 1940. The van der Waals surface area contributed by atoms with Crippen molar-refractivity contribution in [1.29, 1.82) is 0 Å². The molecule has 0 bridgehead atoms. The number of aliphatic hydroxyl groups is 2. The second-order valence-corrected chi connectivity index (χ2v) is 10.3. The van der Waals surface area contributed by atoms with Gasteiger partial charge in [-0.1, -0.05) is 92.0 Å². The number of benzene rings is 6. The molecule has 0 aliphatic carbocycles. The van der Waals surface area contributed by atoms with E-state index in [1.54, 1.807) is 59.8 Å². The topological polar surface area (TPSA) is 90.2 Å². The molecular weight excluding hydrogens is 536 g/mol. The van der Waals surface area contributed by atoms with Crippen LogP contribution in [0.2, 0.25) is 0 Å². The van der Waals surface area contributed by atoms with Gasteiger partial charge in [-0.2, -0.15) is 5.10 Å². The van der Waals surface area contributed by atoms with Crippen molar-refractivity contribution in [3.8, 4) is 0 Å². The summed E-state index contributed by atoms with van der Waals surface area (Å²) < 4.78 is 0. The minimum atomic E-state index is -1.30. The van der Waals surface area contributed by atoms with E-state index in [0.717, 1.165) is 28.5 Å². The quantitative estimate of drug-likeness (QED) is 0.0787. The molecule has 0 heterocycles. The maximum atomic E-state index is 11.9. The molecule has 0 saturated carbocycles. The number of carbonyl (C=O) groups is 2. The lowest BCUT2D eigenvalue weighted by molar-refractivity contribution is -0.123. The van der Waals surface area contributed by atoms with Crippen molar-refractivity contribution in [2.45, 2.75) is 12.2 Å². The van der Waals surface area contributed by atoms with Crippen LogP contribution in [-0.4, -0.2) is 28.0 Å². The lowest BCUT2D eigenvalue weighted by atomic mass is 9.92. The van der Waals surface area contributed by atoms with E-state index in [1.807, 2.05) is 6.07 Å². The summed E-state index contributed by atoms with van der Waals surface area (Å²) in [5.41, 5.74) is 3.15. The van der Waals surface area contributed by atoms with Gasteiger partial charge >= 0.3 is 0 Å². The predicted molar refractivity (Wildman–Crippen MR) is 173 cm³/mol. The van der Waals surface area contributed by atoms with Crippen LogP contribution in [0.25, 0.3) is 32.3 Å². The normalized spacial score (nSPS) is 13.0. The molecule has 6 rings (SSSR count). The standard InChI is InChI=1S/C37H28N2O4/c1-3-32(40)36(42)26-12-17-29(18-13-26)39(30-19-14-27(15-20-30)37(43)33(41)4-2)38-22-28-11-10-25-9-8-23-6-5-7-24-16-21-31(28)35(25)34(23)24/h3-22,36-37,42-43H,1-2H2. The second kappa shape index (κ2) is 11.4. The average Bonchev–Trinajstić information content (AvgIpc) is 3.06. The largest absolute Gasteiger partial charge is 0.380 e. The van der Waals surface area contributed by atoms with Crippen LogP contribution in [0, 0.1) is 0 Å². The van der Waals surface area contributed by atoms with Crippen LogP contribution in [-0.2, 0) is 9.59 Å². The lowest BCUT2D eigenvalue weighted by Crippen LogP contribution is -2.12. The molecule has 0 aliphatic rings. The molecule has 0 aromatic heterocycles. The molecule has 0 amide bonds. The van der Waals surface area contributed by atoms with E-state index in [2.05, 4.69) is 61.7 Å². The number of carbonyl (C=O) groups excluding carboxylic acids is 2. The number of hydrazone groups is 1. The number of aliphatic hydroxyl groups excluding tert-OH is 2. The Kier molecular flexibility index (Phi) is 7.38. The number of rotatable bonds is 10. The molecule has 0 aliphatic heterocycles. The molecule has 6 heteroatoms. The first-order valence-corrected chi connectivity index (χ1v) is 13.8. The maximum absolute atomic E-state index is 11.9. The number of anilines is 2. The fraction of sp³-hybridized carbons (Fsp3) is 0.0541. The molecule has 210 valence electrons. The van der Waals surface area contributed by atoms with Crippen LogP contribution >= 0.6 is 0 Å². The predicted octanol–water partition coefficient (Wildman–Crippen LogP) is 7.33. The van der Waals surface area contributed by atoms with Crippen molar-refractivity contribution >= 4 is 61.5 Å². The third-order valence-electron chi connectivity index (χ3n) is 7.72. The summed E-state index contributed by atoms with van der Waals surface area (Å²) in [5, 5.41) is 34.3. The van der Waals surface area contributed by atoms with E-state index < -0.39 is 23.8 Å². The zero-order chi connectivity index (χ0) is 30.1. The van der Waals surface area contributed by atoms with E-state index in [0.29, 0.717) is 22.5 Å². The summed E-state index contributed by atoms with van der Waals surface area (Å²) >= 11 is 0. The Morgan fingerprint density at radius 2 is 1.09 bits per heavy atom. The molecule has 0 fully saturated rings. The number of ketones is 2. The molecule has 2 N–H and O–H groups in total. The first-order valence-electron chi connectivity index (χ1n) is 13.8. The van der Waals surface area contributed by atoms with Crippen molar-refractivity contribution in [3.63, 3.8) is 0 Å². The molecule has 6 nitrogen and oxygen atoms in total. The summed E-state index contributed by atoms with van der Waals surface area (Å²) in [6, 6.07) is 32.7. The Morgan fingerprint density at radius 1 is 0.628 bits per heavy atom. The van der Waals surface area contributed by atoms with E-state index in [9.17, 15) is 19.8 Å². The molecule has 0 saturated heterocycles. The van der Waals surface area contributed by atoms with Gasteiger partial charge < -0.3 is 10.2 Å². The number of nitrogens with zero attached hydrogens (tertiary/aromatic N) is 2. The first kappa shape index (κ1) is 27.7. The molecule has 2 atom stereocenters. The number of hydrogen-bond acceptors (Lipinski definition) is 6. The molecule has 6 aromatic carbocycles. The van der Waals surface area contributed by atoms with Crippen molar-refractivity contribution in [1.82, 2.24) is 0 Å². The Morgan fingerprint density at radius 3 is 1.60 bits per heavy atom. The van der Waals surface area contributed by atoms with Gasteiger partial charge in [0.15, 0.2) is 11.6 Å². The third-order valence-corrected chi connectivity index (χ3v) is 7.72. The smallest absolute Gasteiger partial charge is 0.188 e. The highest BCUT2D eigenvalue weighted by molar-refractivity contribution is 6.25. The SMILES string of the molecule is C=CC(=O)C(O)c1ccc(N(N=Cc2ccc3ccc4cccc5ccc2c3c45)c2ccc(C(O)C(=O)C=C)cc2)cc1. The van der Waals surface area contributed by atoms with Gasteiger partial charge in [-0.25, -0.2) is 5.01 Å². The summed E-state index contributed by atoms with van der Waals surface area (Å²) in [4.78, 5) is 23.9. The molecule has 2 unspecified atom stereocenters. The summed E-state index contributed by atoms with van der Waals surface area (Å²) in [7, 11) is 0. The van der Waals surface area contributed by atoms with Crippen molar-refractivity contribution < 1.29 is 19.8 Å². The van der Waals surface area contributed by atoms with E-state index in [1.165, 1.54) is 21.5 Å². The van der Waals surface area contributed by atoms with Gasteiger partial charge in [0.1, 0.15) is 12.2 Å². The van der Waals surface area contributed by atoms with Crippen LogP contribution in [0.1, 0.15) is 28.9 Å². The zero-order valence-corrected chi connectivity index (χ0v) is 23.2. The van der Waals surface area contributed by atoms with Gasteiger partial charge in [-0.3, -0.25) is 9.59 Å². The Hall–Kier alpha value is -5.43. The van der Waals surface area contributed by atoms with Crippen LogP contribution in [0.4, 0.5) is 11.4 Å². The highest BCUT2D eigenvalue weighted by Crippen LogP contribution is 2.36. The fourth-order valence-electron chi connectivity index (χ4n) is 5.42. The first-order chi connectivity index (χ1) is 20.9. The van der Waals surface area contributed by atoms with Crippen LogP contribution < -0.4 is 5.01 Å². The third kappa shape index (κ3) is 5.10. The van der Waals surface area contributed by atoms with Gasteiger partial charge in [0.2, 0.25) is 0 Å². The van der Waals surface area contributed by atoms with Crippen molar-refractivity contribution in [2.75, 3.05) is 5.01 Å². The van der Waals surface area contributed by atoms with Gasteiger partial charge in [-0.15, -0.1) is 0 Å². The summed E-state index contributed by atoms with van der Waals surface area (Å²) in [5.74, 6) is -0.972. The highest BCUT2D eigenvalue weighted by atomic mass is 16.3. The monoisotopic (exact) mass is 564 g/mol. The van der Waals surface area contributed by atoms with E-state index in [-0.39, 0.29) is 0 Å². The average molecular weight is 565 g/mol. The van der Waals surface area contributed by atoms with Gasteiger partial charge in [-0.05, 0) is 79.9 Å². The maximum Gasteiger partial charge on any atom is 0.188 e. The van der Waals surface area contributed by atoms with E-state index in [4.69, 9.17) is 5.10 Å². The molecule has 6 aromatic rings. The van der Waals surface area contributed by atoms with Gasteiger partial charge in [0.05, 0.1) is 17.6 Å². The lowest BCUT2D eigenvalue weighted by Gasteiger charge is -2.21. The molecule has 0 spiro atoms. The van der Waals surface area contributed by atoms with Crippen LogP contribution in [0.15, 0.2) is 134 Å². The molecule has 43 heavy (non-hydrogen) atoms. The van der Waals surface area contributed by atoms with Crippen molar-refractivity contribution in [3.05, 3.63) is 145 Å². The highest BCUT2D eigenvalue weighted by Gasteiger charge is 2.18. The minimum Gasteiger partial charge on any atom is -0.380 e.